The van der Waals surface area contributed by atoms with Crippen LogP contribution < -0.4 is 9.80 Å². The molecule has 4 rings (SSSR count). The van der Waals surface area contributed by atoms with Gasteiger partial charge in [0.25, 0.3) is 0 Å². The Balaban J connectivity index is 1.38. The molecule has 0 bridgehead atoms. The predicted octanol–water partition coefficient (Wildman–Crippen LogP) is 2.73. The van der Waals surface area contributed by atoms with E-state index in [-0.39, 0.29) is 5.91 Å². The molecule has 136 valence electrons. The van der Waals surface area contributed by atoms with Gasteiger partial charge in [-0.05, 0) is 24.3 Å². The smallest absolute Gasteiger partial charge is 0.242 e. The summed E-state index contributed by atoms with van der Waals surface area (Å²) >= 11 is 1.90. The lowest BCUT2D eigenvalue weighted by molar-refractivity contribution is -0.130. The van der Waals surface area contributed by atoms with Gasteiger partial charge < -0.3 is 14.7 Å². The first-order chi connectivity index (χ1) is 12.7. The number of fused-ring (bicyclic) bond motifs is 1. The fourth-order valence-corrected chi connectivity index (χ4v) is 4.78. The zero-order valence-electron chi connectivity index (χ0n) is 15.0. The van der Waals surface area contributed by atoms with Crippen molar-refractivity contribution in [2.24, 2.45) is 0 Å². The highest BCUT2D eigenvalue weighted by atomic mass is 32.2. The second-order valence-corrected chi connectivity index (χ2v) is 8.31. The van der Waals surface area contributed by atoms with Crippen LogP contribution in [0, 0.1) is 0 Å². The van der Waals surface area contributed by atoms with Gasteiger partial charge in [0.1, 0.15) is 5.82 Å². The van der Waals surface area contributed by atoms with Crippen LogP contribution in [-0.2, 0) is 4.79 Å². The Morgan fingerprint density at radius 1 is 1.12 bits per heavy atom. The molecule has 2 aliphatic heterocycles. The number of rotatable bonds is 3. The number of thioether (sulfide) groups is 1. The number of anilines is 2. The van der Waals surface area contributed by atoms with Gasteiger partial charge in [0, 0.05) is 49.1 Å². The summed E-state index contributed by atoms with van der Waals surface area (Å²) in [5.74, 6) is 1.22. The molecule has 1 saturated heterocycles. The topological polar surface area (TPSA) is 39.7 Å². The maximum Gasteiger partial charge on any atom is 0.242 e. The quantitative estimate of drug-likeness (QED) is 0.833. The number of pyridine rings is 1. The molecule has 0 radical (unpaired) electrons. The van der Waals surface area contributed by atoms with Crippen molar-refractivity contribution >= 4 is 29.2 Å². The van der Waals surface area contributed by atoms with Gasteiger partial charge in [0.05, 0.1) is 12.2 Å². The maximum absolute atomic E-state index is 12.9. The van der Waals surface area contributed by atoms with Gasteiger partial charge in [-0.25, -0.2) is 4.98 Å². The van der Waals surface area contributed by atoms with Crippen molar-refractivity contribution in [3.63, 3.8) is 0 Å². The summed E-state index contributed by atoms with van der Waals surface area (Å²) in [7, 11) is 0. The van der Waals surface area contributed by atoms with Crippen LogP contribution in [-0.4, -0.2) is 60.3 Å². The van der Waals surface area contributed by atoms with E-state index in [9.17, 15) is 4.79 Å². The summed E-state index contributed by atoms with van der Waals surface area (Å²) in [5, 5.41) is 0.499. The Morgan fingerprint density at radius 2 is 1.88 bits per heavy atom. The first kappa shape index (κ1) is 17.2. The second-order valence-electron chi connectivity index (χ2n) is 6.83. The first-order valence-electron chi connectivity index (χ1n) is 9.15. The molecule has 0 aliphatic carbocycles. The van der Waals surface area contributed by atoms with E-state index >= 15 is 0 Å². The zero-order chi connectivity index (χ0) is 17.9. The predicted molar refractivity (Wildman–Crippen MR) is 107 cm³/mol. The Bertz CT molecular complexity index is 761. The molecule has 1 aromatic heterocycles. The number of carbonyl (C=O) groups excluding carboxylic acids is 1. The number of aromatic nitrogens is 1. The molecule has 3 heterocycles. The molecule has 0 spiro atoms. The number of piperazine rings is 1. The van der Waals surface area contributed by atoms with E-state index in [1.54, 1.807) is 0 Å². The number of benzene rings is 1. The Labute approximate surface area is 159 Å². The van der Waals surface area contributed by atoms with Crippen molar-refractivity contribution in [1.29, 1.82) is 0 Å². The van der Waals surface area contributed by atoms with E-state index < -0.39 is 0 Å². The van der Waals surface area contributed by atoms with E-state index in [0.29, 0.717) is 11.8 Å². The first-order valence-corrected chi connectivity index (χ1v) is 10.0. The monoisotopic (exact) mass is 368 g/mol. The van der Waals surface area contributed by atoms with E-state index in [2.05, 4.69) is 46.0 Å². The molecule has 1 aromatic carbocycles. The van der Waals surface area contributed by atoms with Gasteiger partial charge in [0.15, 0.2) is 0 Å². The summed E-state index contributed by atoms with van der Waals surface area (Å²) in [6.07, 6.45) is 1.82. The van der Waals surface area contributed by atoms with Gasteiger partial charge in [-0.15, -0.1) is 11.8 Å². The molecule has 2 aliphatic rings. The van der Waals surface area contributed by atoms with Crippen LogP contribution >= 0.6 is 11.8 Å². The van der Waals surface area contributed by atoms with E-state index in [0.717, 1.165) is 38.5 Å². The highest BCUT2D eigenvalue weighted by molar-refractivity contribution is 8.00. The Kier molecular flexibility index (Phi) is 5.02. The van der Waals surface area contributed by atoms with Crippen LogP contribution in [0.2, 0.25) is 0 Å². The van der Waals surface area contributed by atoms with Crippen molar-refractivity contribution < 1.29 is 4.79 Å². The van der Waals surface area contributed by atoms with Crippen LogP contribution in [0.15, 0.2) is 53.6 Å². The van der Waals surface area contributed by atoms with Crippen LogP contribution in [0.25, 0.3) is 0 Å². The standard InChI is InChI=1S/C20H24N4OS/c1-16-14-24(17-6-2-3-7-18(17)26-16)15-20(25)23-12-10-22(11-13-23)19-8-4-5-9-21-19/h2-9,16H,10-15H2,1H3/t16-/m1/s1. The third-order valence-electron chi connectivity index (χ3n) is 4.94. The maximum atomic E-state index is 12.9. The number of hydrogen-bond acceptors (Lipinski definition) is 5. The van der Waals surface area contributed by atoms with Crippen molar-refractivity contribution in [1.82, 2.24) is 9.88 Å². The minimum Gasteiger partial charge on any atom is -0.360 e. The Morgan fingerprint density at radius 3 is 2.65 bits per heavy atom. The summed E-state index contributed by atoms with van der Waals surface area (Å²) in [5.41, 5.74) is 1.19. The lowest BCUT2D eigenvalue weighted by atomic mass is 10.2. The van der Waals surface area contributed by atoms with Crippen molar-refractivity contribution in [3.05, 3.63) is 48.7 Å². The zero-order valence-corrected chi connectivity index (χ0v) is 15.9. The van der Waals surface area contributed by atoms with E-state index in [1.807, 2.05) is 41.1 Å². The van der Waals surface area contributed by atoms with Crippen LogP contribution in [0.1, 0.15) is 6.92 Å². The lowest BCUT2D eigenvalue weighted by Gasteiger charge is -2.38. The van der Waals surface area contributed by atoms with Gasteiger partial charge in [-0.2, -0.15) is 0 Å². The number of carbonyl (C=O) groups is 1. The lowest BCUT2D eigenvalue weighted by Crippen LogP contribution is -2.52. The minimum absolute atomic E-state index is 0.222. The third-order valence-corrected chi connectivity index (χ3v) is 6.09. The van der Waals surface area contributed by atoms with E-state index in [4.69, 9.17) is 0 Å². The van der Waals surface area contributed by atoms with Crippen molar-refractivity contribution in [3.8, 4) is 0 Å². The summed E-state index contributed by atoms with van der Waals surface area (Å²) in [6, 6.07) is 14.4. The number of nitrogens with zero attached hydrogens (tertiary/aromatic N) is 4. The van der Waals surface area contributed by atoms with Gasteiger partial charge in [0.2, 0.25) is 5.91 Å². The average molecular weight is 369 g/mol. The summed E-state index contributed by atoms with van der Waals surface area (Å²) < 4.78 is 0. The van der Waals surface area contributed by atoms with Gasteiger partial charge in [-0.1, -0.05) is 25.1 Å². The molecule has 6 heteroatoms. The molecule has 1 atom stereocenters. The fourth-order valence-electron chi connectivity index (χ4n) is 3.62. The third kappa shape index (κ3) is 3.65. The number of para-hydroxylation sites is 1. The van der Waals surface area contributed by atoms with Crippen molar-refractivity contribution in [2.75, 3.05) is 49.1 Å². The van der Waals surface area contributed by atoms with Gasteiger partial charge in [-0.3, -0.25) is 4.79 Å². The second kappa shape index (κ2) is 7.58. The molecule has 0 saturated carbocycles. The molecule has 1 amide bonds. The average Bonchev–Trinajstić information content (AvgIpc) is 2.68. The molecular weight excluding hydrogens is 344 g/mol. The highest BCUT2D eigenvalue weighted by Gasteiger charge is 2.27. The number of amides is 1. The minimum atomic E-state index is 0.222. The van der Waals surface area contributed by atoms with Crippen LogP contribution in [0.4, 0.5) is 11.5 Å². The molecule has 5 nitrogen and oxygen atoms in total. The number of hydrogen-bond donors (Lipinski definition) is 0. The summed E-state index contributed by atoms with van der Waals surface area (Å²) in [6.45, 7) is 6.80. The Hall–Kier alpha value is -2.21. The molecule has 26 heavy (non-hydrogen) atoms. The van der Waals surface area contributed by atoms with Crippen LogP contribution in [0.5, 0.6) is 0 Å². The van der Waals surface area contributed by atoms with E-state index in [1.165, 1.54) is 10.6 Å². The van der Waals surface area contributed by atoms with Crippen molar-refractivity contribution in [2.45, 2.75) is 17.1 Å². The fraction of sp³-hybridized carbons (Fsp3) is 0.400. The normalized spacial score (nSPS) is 20.0. The van der Waals surface area contributed by atoms with Crippen LogP contribution in [0.3, 0.4) is 0 Å². The molecule has 0 unspecified atom stereocenters. The summed E-state index contributed by atoms with van der Waals surface area (Å²) in [4.78, 5) is 25.0. The molecular formula is C20H24N4OS. The SMILES string of the molecule is C[C@@H]1CN(CC(=O)N2CCN(c3ccccn3)CC2)c2ccccc2S1. The highest BCUT2D eigenvalue weighted by Crippen LogP contribution is 2.37. The molecule has 1 fully saturated rings. The molecule has 0 N–H and O–H groups in total. The molecule has 2 aromatic rings. The largest absolute Gasteiger partial charge is 0.360 e. The van der Waals surface area contributed by atoms with Gasteiger partial charge >= 0.3 is 0 Å².